The van der Waals surface area contributed by atoms with Gasteiger partial charge in [-0.2, -0.15) is 0 Å². The van der Waals surface area contributed by atoms with Gasteiger partial charge in [-0.05, 0) is 45.7 Å². The number of rotatable bonds is 7. The molecule has 1 aromatic rings. The van der Waals surface area contributed by atoms with Gasteiger partial charge in [-0.15, -0.1) is 0 Å². The first-order valence-electron chi connectivity index (χ1n) is 10.1. The summed E-state index contributed by atoms with van der Waals surface area (Å²) in [4.78, 5) is 19.1. The highest BCUT2D eigenvalue weighted by Crippen LogP contribution is 2.24. The summed E-state index contributed by atoms with van der Waals surface area (Å²) in [6.07, 6.45) is 2.20. The zero-order valence-electron chi connectivity index (χ0n) is 17.8. The Morgan fingerprint density at radius 2 is 2.18 bits per heavy atom. The van der Waals surface area contributed by atoms with Crippen molar-refractivity contribution in [3.8, 4) is 5.75 Å². The second kappa shape index (κ2) is 10.2. The number of ether oxygens (including phenoxy) is 1. The third-order valence-electron chi connectivity index (χ3n) is 5.00. The molecule has 7 heteroatoms. The van der Waals surface area contributed by atoms with Gasteiger partial charge in [0.05, 0.1) is 19.1 Å². The van der Waals surface area contributed by atoms with Gasteiger partial charge >= 0.3 is 0 Å². The van der Waals surface area contributed by atoms with Crippen molar-refractivity contribution in [3.63, 3.8) is 0 Å². The lowest BCUT2D eigenvalue weighted by molar-refractivity contribution is -0.128. The lowest BCUT2D eigenvalue weighted by atomic mass is 9.93. The van der Waals surface area contributed by atoms with Crippen LogP contribution in [0, 0.1) is 5.41 Å². The van der Waals surface area contributed by atoms with E-state index in [4.69, 9.17) is 4.74 Å². The number of benzene rings is 1. The maximum atomic E-state index is 12.0. The van der Waals surface area contributed by atoms with Gasteiger partial charge in [0.2, 0.25) is 5.91 Å². The zero-order valence-corrected chi connectivity index (χ0v) is 17.8. The van der Waals surface area contributed by atoms with Crippen molar-refractivity contribution in [2.75, 3.05) is 45.2 Å². The van der Waals surface area contributed by atoms with E-state index in [0.717, 1.165) is 44.2 Å². The molecule has 2 rings (SSSR count). The van der Waals surface area contributed by atoms with Crippen LogP contribution in [0.2, 0.25) is 0 Å². The van der Waals surface area contributed by atoms with E-state index >= 15 is 0 Å². The predicted octanol–water partition coefficient (Wildman–Crippen LogP) is 1.99. The average molecular weight is 390 g/mol. The smallest absolute Gasteiger partial charge is 0.227 e. The third-order valence-corrected chi connectivity index (χ3v) is 5.00. The molecule has 1 atom stereocenters. The molecule has 1 aliphatic heterocycles. The van der Waals surface area contributed by atoms with Crippen molar-refractivity contribution in [2.24, 2.45) is 10.4 Å². The summed E-state index contributed by atoms with van der Waals surface area (Å²) in [6, 6.07) is 8.48. The van der Waals surface area contributed by atoms with Crippen molar-refractivity contribution in [2.45, 2.75) is 39.7 Å². The fraction of sp³-hybridized carbons (Fsp3) is 0.619. The predicted molar refractivity (Wildman–Crippen MR) is 115 cm³/mol. The Balaban J connectivity index is 2.03. The molecule has 1 heterocycles. The summed E-state index contributed by atoms with van der Waals surface area (Å²) in [5, 5.41) is 9.56. The fourth-order valence-electron chi connectivity index (χ4n) is 3.34. The molecule has 0 radical (unpaired) electrons. The quantitative estimate of drug-likeness (QED) is 0.491. The molecule has 0 bridgehead atoms. The van der Waals surface area contributed by atoms with E-state index in [1.165, 1.54) is 5.69 Å². The highest BCUT2D eigenvalue weighted by atomic mass is 16.5. The summed E-state index contributed by atoms with van der Waals surface area (Å²) < 4.78 is 5.36. The molecule has 156 valence electrons. The van der Waals surface area contributed by atoms with Crippen LogP contribution in [0.15, 0.2) is 29.3 Å². The molecular formula is C21H35N5O2. The van der Waals surface area contributed by atoms with Gasteiger partial charge in [0.1, 0.15) is 5.75 Å². The zero-order chi connectivity index (χ0) is 20.6. The number of guanidine groups is 1. The van der Waals surface area contributed by atoms with Crippen molar-refractivity contribution in [1.29, 1.82) is 0 Å². The Kier molecular flexibility index (Phi) is 7.96. The molecular weight excluding hydrogens is 354 g/mol. The number of aliphatic imine (C=N–C) groups is 1. The number of hydrogen-bond acceptors (Lipinski definition) is 4. The first kappa shape index (κ1) is 21.9. The Morgan fingerprint density at radius 1 is 1.39 bits per heavy atom. The second-order valence-electron chi connectivity index (χ2n) is 7.79. The minimum Gasteiger partial charge on any atom is -0.497 e. The first-order chi connectivity index (χ1) is 13.4. The van der Waals surface area contributed by atoms with Crippen LogP contribution in [0.3, 0.4) is 0 Å². The standard InChI is InChI=1S/C21H35N5O2/c1-6-23-20(24-15-21(2,3)19(27)22-4)25-16-9-8-12-26(14-16)17-10-7-11-18(13-17)28-5/h7,10-11,13,16H,6,8-9,12,14-15H2,1-5H3,(H,22,27)(H2,23,24,25). The summed E-state index contributed by atoms with van der Waals surface area (Å²) in [7, 11) is 3.35. The van der Waals surface area contributed by atoms with Crippen LogP contribution in [0.1, 0.15) is 33.6 Å². The number of amides is 1. The number of hydrogen-bond donors (Lipinski definition) is 3. The molecule has 28 heavy (non-hydrogen) atoms. The van der Waals surface area contributed by atoms with Crippen molar-refractivity contribution in [3.05, 3.63) is 24.3 Å². The summed E-state index contributed by atoms with van der Waals surface area (Å²) in [5.41, 5.74) is 0.629. The molecule has 1 unspecified atom stereocenters. The van der Waals surface area contributed by atoms with E-state index < -0.39 is 5.41 Å². The van der Waals surface area contributed by atoms with Crippen LogP contribution in [0.4, 0.5) is 5.69 Å². The van der Waals surface area contributed by atoms with Gasteiger partial charge in [-0.3, -0.25) is 9.79 Å². The Labute approximate surface area is 168 Å². The van der Waals surface area contributed by atoms with E-state index in [9.17, 15) is 4.79 Å². The Hall–Kier alpha value is -2.44. The van der Waals surface area contributed by atoms with Crippen molar-refractivity contribution in [1.82, 2.24) is 16.0 Å². The molecule has 1 aliphatic rings. The summed E-state index contributed by atoms with van der Waals surface area (Å²) >= 11 is 0. The lowest BCUT2D eigenvalue weighted by Gasteiger charge is -2.35. The fourth-order valence-corrected chi connectivity index (χ4v) is 3.34. The highest BCUT2D eigenvalue weighted by Gasteiger charge is 2.27. The van der Waals surface area contributed by atoms with Gasteiger partial charge < -0.3 is 25.6 Å². The molecule has 0 aromatic heterocycles. The number of carbonyl (C=O) groups excluding carboxylic acids is 1. The number of carbonyl (C=O) groups is 1. The van der Waals surface area contributed by atoms with E-state index in [1.807, 2.05) is 32.9 Å². The first-order valence-corrected chi connectivity index (χ1v) is 10.1. The molecule has 0 spiro atoms. The van der Waals surface area contributed by atoms with Crippen molar-refractivity contribution < 1.29 is 9.53 Å². The van der Waals surface area contributed by atoms with E-state index in [1.54, 1.807) is 14.2 Å². The summed E-state index contributed by atoms with van der Waals surface area (Å²) in [6.45, 7) is 8.99. The molecule has 7 nitrogen and oxygen atoms in total. The molecule has 3 N–H and O–H groups in total. The maximum absolute atomic E-state index is 12.0. The molecule has 0 saturated carbocycles. The monoisotopic (exact) mass is 389 g/mol. The number of nitrogens with zero attached hydrogens (tertiary/aromatic N) is 2. The molecule has 1 saturated heterocycles. The number of anilines is 1. The van der Waals surface area contributed by atoms with Crippen molar-refractivity contribution >= 4 is 17.6 Å². The van der Waals surface area contributed by atoms with Crippen LogP contribution in [0.5, 0.6) is 5.75 Å². The molecule has 0 aliphatic carbocycles. The minimum atomic E-state index is -0.545. The normalized spacial score (nSPS) is 17.8. The van der Waals surface area contributed by atoms with Crippen LogP contribution >= 0.6 is 0 Å². The Morgan fingerprint density at radius 3 is 2.86 bits per heavy atom. The largest absolute Gasteiger partial charge is 0.497 e. The van der Waals surface area contributed by atoms with E-state index in [-0.39, 0.29) is 5.91 Å². The van der Waals surface area contributed by atoms with E-state index in [2.05, 4.69) is 38.0 Å². The van der Waals surface area contributed by atoms with Crippen LogP contribution in [-0.4, -0.2) is 58.2 Å². The van der Waals surface area contributed by atoms with Gasteiger partial charge in [0.15, 0.2) is 5.96 Å². The number of piperidine rings is 1. The SMILES string of the molecule is CCNC(=NCC(C)(C)C(=O)NC)NC1CCCN(c2cccc(OC)c2)C1. The van der Waals surface area contributed by atoms with Gasteiger partial charge in [0.25, 0.3) is 0 Å². The second-order valence-corrected chi connectivity index (χ2v) is 7.79. The summed E-state index contributed by atoms with van der Waals surface area (Å²) in [5.74, 6) is 1.63. The lowest BCUT2D eigenvalue weighted by Crippen LogP contribution is -2.51. The van der Waals surface area contributed by atoms with Crippen LogP contribution in [-0.2, 0) is 4.79 Å². The molecule has 1 amide bonds. The number of methoxy groups -OCH3 is 1. The highest BCUT2D eigenvalue weighted by molar-refractivity contribution is 5.83. The van der Waals surface area contributed by atoms with Gasteiger partial charge in [-0.1, -0.05) is 6.07 Å². The topological polar surface area (TPSA) is 78.0 Å². The average Bonchev–Trinajstić information content (AvgIpc) is 2.71. The van der Waals surface area contributed by atoms with Crippen LogP contribution < -0.4 is 25.6 Å². The van der Waals surface area contributed by atoms with Gasteiger partial charge in [-0.25, -0.2) is 0 Å². The van der Waals surface area contributed by atoms with E-state index in [0.29, 0.717) is 12.6 Å². The molecule has 1 aromatic carbocycles. The third kappa shape index (κ3) is 6.04. The molecule has 1 fully saturated rings. The number of nitrogens with one attached hydrogen (secondary N) is 3. The minimum absolute atomic E-state index is 0.00559. The van der Waals surface area contributed by atoms with Gasteiger partial charge in [0, 0.05) is 44.5 Å². The van der Waals surface area contributed by atoms with Crippen LogP contribution in [0.25, 0.3) is 0 Å². The maximum Gasteiger partial charge on any atom is 0.227 e. The Bertz CT molecular complexity index is 675.